The third-order valence-electron chi connectivity index (χ3n) is 7.23. The minimum absolute atomic E-state index is 0.0548. The van der Waals surface area contributed by atoms with Crippen molar-refractivity contribution >= 4 is 5.91 Å². The first kappa shape index (κ1) is 21.6. The molecule has 7 nitrogen and oxygen atoms in total. The monoisotopic (exact) mass is 446 g/mol. The topological polar surface area (TPSA) is 80.5 Å². The fourth-order valence-corrected chi connectivity index (χ4v) is 5.72. The number of fused-ring (bicyclic) bond motifs is 1. The summed E-state index contributed by atoms with van der Waals surface area (Å²) in [5.74, 6) is 2.36. The van der Waals surface area contributed by atoms with Crippen LogP contribution in [0.15, 0.2) is 53.1 Å². The number of aromatic nitrogens is 2. The molecule has 1 N–H and O–H groups in total. The van der Waals surface area contributed by atoms with Crippen LogP contribution >= 0.6 is 0 Å². The summed E-state index contributed by atoms with van der Waals surface area (Å²) in [6.07, 6.45) is 1.68. The molecule has 1 saturated carbocycles. The number of carbonyl (C=O) groups excluding carboxylic acids is 1. The molecule has 172 valence electrons. The normalized spacial score (nSPS) is 24.6. The smallest absolute Gasteiger partial charge is 0.251 e. The van der Waals surface area contributed by atoms with E-state index in [-0.39, 0.29) is 17.4 Å². The van der Waals surface area contributed by atoms with E-state index in [0.717, 1.165) is 43.8 Å². The van der Waals surface area contributed by atoms with E-state index < -0.39 is 0 Å². The highest BCUT2D eigenvalue weighted by Crippen LogP contribution is 2.50. The van der Waals surface area contributed by atoms with Gasteiger partial charge in [0.05, 0.1) is 12.5 Å². The summed E-state index contributed by atoms with van der Waals surface area (Å²) < 4.78 is 11.1. The zero-order valence-electron chi connectivity index (χ0n) is 19.4. The molecule has 1 saturated heterocycles. The molecule has 2 aromatic carbocycles. The number of nitrogens with zero attached hydrogens (tertiary/aromatic N) is 3. The van der Waals surface area contributed by atoms with Crippen LogP contribution in [0.3, 0.4) is 0 Å². The number of nitrogens with one attached hydrogen (secondary N) is 1. The Hall–Kier alpha value is -3.19. The minimum atomic E-state index is -0.239. The van der Waals surface area contributed by atoms with Gasteiger partial charge in [-0.3, -0.25) is 9.69 Å². The Bertz CT molecular complexity index is 1150. The number of aryl methyl sites for hydroxylation is 1. The summed E-state index contributed by atoms with van der Waals surface area (Å²) >= 11 is 0. The van der Waals surface area contributed by atoms with Crippen LogP contribution in [0.25, 0.3) is 0 Å². The van der Waals surface area contributed by atoms with Gasteiger partial charge in [0.25, 0.3) is 5.91 Å². The first-order valence-corrected chi connectivity index (χ1v) is 11.5. The molecule has 0 radical (unpaired) electrons. The van der Waals surface area contributed by atoms with Crippen LogP contribution in [0.2, 0.25) is 0 Å². The maximum Gasteiger partial charge on any atom is 0.251 e. The minimum Gasteiger partial charge on any atom is -0.496 e. The Labute approximate surface area is 194 Å². The van der Waals surface area contributed by atoms with Crippen molar-refractivity contribution < 1.29 is 14.1 Å². The number of methoxy groups -OCH3 is 1. The van der Waals surface area contributed by atoms with Crippen LogP contribution in [-0.2, 0) is 12.0 Å². The zero-order valence-corrected chi connectivity index (χ0v) is 19.4. The highest BCUT2D eigenvalue weighted by atomic mass is 16.5. The van der Waals surface area contributed by atoms with Gasteiger partial charge in [0, 0.05) is 36.8 Å². The van der Waals surface area contributed by atoms with Gasteiger partial charge in [-0.15, -0.1) is 0 Å². The molecule has 33 heavy (non-hydrogen) atoms. The molecule has 5 rings (SSSR count). The van der Waals surface area contributed by atoms with Crippen molar-refractivity contribution in [3.63, 3.8) is 0 Å². The zero-order chi connectivity index (χ0) is 23.0. The van der Waals surface area contributed by atoms with E-state index in [4.69, 9.17) is 9.26 Å². The fraction of sp³-hybridized carbons (Fsp3) is 0.423. The number of carbonyl (C=O) groups is 1. The number of benzene rings is 2. The van der Waals surface area contributed by atoms with Crippen LogP contribution < -0.4 is 10.1 Å². The molecule has 0 bridgehead atoms. The van der Waals surface area contributed by atoms with E-state index in [0.29, 0.717) is 23.2 Å². The van der Waals surface area contributed by atoms with E-state index in [9.17, 15) is 4.79 Å². The first-order valence-electron chi connectivity index (χ1n) is 11.5. The molecule has 1 amide bonds. The Morgan fingerprint density at radius 2 is 2.03 bits per heavy atom. The standard InChI is InChI=1S/C26H30N4O3/c1-17-22(10-7-11-23(17)32-3)24(31)28-21-12-20-15-30(14-19-8-5-4-6-9-19)16-26(20,13-21)25-27-18(2)29-33-25/h4-11,20-21H,12-16H2,1-3H3,(H,28,31)/t20-,21+,26-/m0/s1. The van der Waals surface area contributed by atoms with Crippen molar-refractivity contribution in [1.82, 2.24) is 20.4 Å². The maximum atomic E-state index is 13.1. The largest absolute Gasteiger partial charge is 0.496 e. The molecule has 2 fully saturated rings. The van der Waals surface area contributed by atoms with Crippen molar-refractivity contribution in [3.8, 4) is 5.75 Å². The molecule has 1 aliphatic carbocycles. The van der Waals surface area contributed by atoms with Gasteiger partial charge >= 0.3 is 0 Å². The van der Waals surface area contributed by atoms with Gasteiger partial charge in [-0.05, 0) is 50.3 Å². The molecule has 2 aliphatic rings. The van der Waals surface area contributed by atoms with Crippen molar-refractivity contribution in [2.24, 2.45) is 5.92 Å². The summed E-state index contributed by atoms with van der Waals surface area (Å²) in [6, 6.07) is 16.2. The lowest BCUT2D eigenvalue weighted by molar-refractivity contribution is 0.0933. The van der Waals surface area contributed by atoms with Gasteiger partial charge in [-0.2, -0.15) is 4.98 Å². The Kier molecular flexibility index (Phi) is 5.66. The highest BCUT2D eigenvalue weighted by Gasteiger charge is 2.57. The van der Waals surface area contributed by atoms with E-state index in [2.05, 4.69) is 44.6 Å². The van der Waals surface area contributed by atoms with Crippen LogP contribution in [0.5, 0.6) is 5.75 Å². The van der Waals surface area contributed by atoms with Crippen LogP contribution in [-0.4, -0.2) is 47.2 Å². The van der Waals surface area contributed by atoms with Gasteiger partial charge in [0.1, 0.15) is 5.75 Å². The molecule has 0 spiro atoms. The predicted molar refractivity (Wildman–Crippen MR) is 124 cm³/mol. The van der Waals surface area contributed by atoms with E-state index in [1.165, 1.54) is 5.56 Å². The van der Waals surface area contributed by atoms with Crippen LogP contribution in [0.1, 0.15) is 46.0 Å². The average Bonchev–Trinajstić information content (AvgIpc) is 3.47. The van der Waals surface area contributed by atoms with Gasteiger partial charge in [-0.25, -0.2) is 0 Å². The Morgan fingerprint density at radius 1 is 1.21 bits per heavy atom. The molecule has 7 heteroatoms. The second kappa shape index (κ2) is 8.63. The molecular formula is C26H30N4O3. The van der Waals surface area contributed by atoms with E-state index >= 15 is 0 Å². The summed E-state index contributed by atoms with van der Waals surface area (Å²) in [6.45, 7) is 6.46. The van der Waals surface area contributed by atoms with Crippen molar-refractivity contribution in [3.05, 3.63) is 76.9 Å². The van der Waals surface area contributed by atoms with E-state index in [1.54, 1.807) is 7.11 Å². The van der Waals surface area contributed by atoms with Gasteiger partial charge in [0.15, 0.2) is 5.82 Å². The van der Waals surface area contributed by atoms with E-state index in [1.807, 2.05) is 38.1 Å². The van der Waals surface area contributed by atoms with Crippen molar-refractivity contribution in [2.75, 3.05) is 20.2 Å². The number of amides is 1. The number of likely N-dealkylation sites (tertiary alicyclic amines) is 1. The maximum absolute atomic E-state index is 13.1. The molecular weight excluding hydrogens is 416 g/mol. The number of hydrogen-bond acceptors (Lipinski definition) is 6. The number of ether oxygens (including phenoxy) is 1. The lowest BCUT2D eigenvalue weighted by atomic mass is 9.80. The first-order chi connectivity index (χ1) is 16.0. The summed E-state index contributed by atoms with van der Waals surface area (Å²) in [5, 5.41) is 7.36. The second-order valence-corrected chi connectivity index (χ2v) is 9.40. The lowest BCUT2D eigenvalue weighted by Crippen LogP contribution is -2.38. The Balaban J connectivity index is 1.35. The summed E-state index contributed by atoms with van der Waals surface area (Å²) in [5.41, 5.74) is 2.57. The van der Waals surface area contributed by atoms with Gasteiger partial charge in [0.2, 0.25) is 5.89 Å². The molecule has 1 aliphatic heterocycles. The number of rotatable bonds is 6. The van der Waals surface area contributed by atoms with Gasteiger partial charge < -0.3 is 14.6 Å². The van der Waals surface area contributed by atoms with Crippen LogP contribution in [0.4, 0.5) is 0 Å². The molecule has 1 aromatic heterocycles. The molecule has 2 heterocycles. The van der Waals surface area contributed by atoms with Crippen molar-refractivity contribution in [2.45, 2.75) is 44.7 Å². The summed E-state index contributed by atoms with van der Waals surface area (Å²) in [4.78, 5) is 20.2. The quantitative estimate of drug-likeness (QED) is 0.623. The number of hydrogen-bond donors (Lipinski definition) is 1. The predicted octanol–water partition coefficient (Wildman–Crippen LogP) is 3.66. The van der Waals surface area contributed by atoms with Crippen LogP contribution in [0, 0.1) is 19.8 Å². The Morgan fingerprint density at radius 3 is 2.76 bits per heavy atom. The summed E-state index contributed by atoms with van der Waals surface area (Å²) in [7, 11) is 1.62. The van der Waals surface area contributed by atoms with Gasteiger partial charge in [-0.1, -0.05) is 41.6 Å². The molecule has 0 unspecified atom stereocenters. The lowest BCUT2D eigenvalue weighted by Gasteiger charge is -2.25. The SMILES string of the molecule is COc1cccc(C(=O)N[C@@H]2C[C@H]3CN(Cc4ccccc4)C[C@@]3(c3nc(C)no3)C2)c1C. The second-order valence-electron chi connectivity index (χ2n) is 9.40. The molecule has 3 aromatic rings. The average molecular weight is 447 g/mol. The third-order valence-corrected chi connectivity index (χ3v) is 7.23. The van der Waals surface area contributed by atoms with Crippen molar-refractivity contribution in [1.29, 1.82) is 0 Å². The molecule has 3 atom stereocenters. The highest BCUT2D eigenvalue weighted by molar-refractivity contribution is 5.96. The fourth-order valence-electron chi connectivity index (χ4n) is 5.72. The third kappa shape index (κ3) is 4.02.